The maximum Gasteiger partial charge on any atom is 0.407 e. The van der Waals surface area contributed by atoms with Crippen molar-refractivity contribution in [2.45, 2.75) is 19.4 Å². The van der Waals surface area contributed by atoms with Gasteiger partial charge >= 0.3 is 6.09 Å². The highest BCUT2D eigenvalue weighted by Gasteiger charge is 2.46. The van der Waals surface area contributed by atoms with Crippen molar-refractivity contribution in [3.8, 4) is 0 Å². The van der Waals surface area contributed by atoms with E-state index in [1.54, 1.807) is 9.21 Å². The van der Waals surface area contributed by atoms with E-state index in [9.17, 15) is 18.3 Å². The van der Waals surface area contributed by atoms with Gasteiger partial charge in [0.25, 0.3) is 0 Å². The third kappa shape index (κ3) is 4.03. The Morgan fingerprint density at radius 1 is 1.06 bits per heavy atom. The Kier molecular flexibility index (Phi) is 5.18. The number of para-hydroxylation sites is 1. The number of carboxylic acid groups (broad SMARTS) is 1. The number of fused-ring (bicyclic) bond motifs is 1. The van der Waals surface area contributed by atoms with Crippen LogP contribution in [0.3, 0.4) is 0 Å². The molecule has 4 fully saturated rings. The fraction of sp³-hybridized carbons (Fsp3) is 0.682. The molecule has 170 valence electrons. The maximum absolute atomic E-state index is 12.0. The Balaban J connectivity index is 1.25. The number of amides is 1. The van der Waals surface area contributed by atoms with Crippen molar-refractivity contribution in [2.24, 2.45) is 17.3 Å². The predicted octanol–water partition coefficient (Wildman–Crippen LogP) is 1.59. The highest BCUT2D eigenvalue weighted by atomic mass is 32.2. The zero-order valence-corrected chi connectivity index (χ0v) is 18.9. The number of sulfonamides is 1. The smallest absolute Gasteiger partial charge is 0.407 e. The standard InChI is InChI=1S/C22H32N4O4S/c1-31(29,30)26-9-7-22(16-26)6-8-24(15-22)20-5-3-2-4-17(20)10-23-11-18-13-25(21(27)28)14-19(18)12-23/h2-5,18-19H,6-16H2,1H3,(H,27,28). The topological polar surface area (TPSA) is 84.4 Å². The van der Waals surface area contributed by atoms with Gasteiger partial charge in [-0.3, -0.25) is 4.90 Å². The Labute approximate surface area is 184 Å². The van der Waals surface area contributed by atoms with E-state index in [0.29, 0.717) is 38.0 Å². The molecule has 1 aromatic carbocycles. The van der Waals surface area contributed by atoms with Gasteiger partial charge in [0.05, 0.1) is 6.26 Å². The molecule has 4 heterocycles. The van der Waals surface area contributed by atoms with Crippen LogP contribution in [-0.2, 0) is 16.6 Å². The van der Waals surface area contributed by atoms with Gasteiger partial charge in [0.15, 0.2) is 0 Å². The molecule has 4 aliphatic heterocycles. The first-order chi connectivity index (χ1) is 14.7. The van der Waals surface area contributed by atoms with E-state index in [2.05, 4.69) is 34.1 Å². The van der Waals surface area contributed by atoms with Crippen molar-refractivity contribution in [1.82, 2.24) is 14.1 Å². The molecule has 3 atom stereocenters. The first-order valence-corrected chi connectivity index (χ1v) is 13.1. The molecule has 0 saturated carbocycles. The molecule has 3 unspecified atom stereocenters. The minimum Gasteiger partial charge on any atom is -0.465 e. The third-order valence-corrected chi connectivity index (χ3v) is 9.12. The molecular weight excluding hydrogens is 416 g/mol. The van der Waals surface area contributed by atoms with E-state index in [-0.39, 0.29) is 5.41 Å². The van der Waals surface area contributed by atoms with Crippen molar-refractivity contribution in [1.29, 1.82) is 0 Å². The Bertz CT molecular complexity index is 956. The van der Waals surface area contributed by atoms with E-state index in [1.807, 2.05) is 0 Å². The van der Waals surface area contributed by atoms with Gasteiger partial charge < -0.3 is 14.9 Å². The van der Waals surface area contributed by atoms with Crippen molar-refractivity contribution >= 4 is 21.8 Å². The van der Waals surface area contributed by atoms with E-state index >= 15 is 0 Å². The first kappa shape index (κ1) is 21.0. The predicted molar refractivity (Wildman–Crippen MR) is 119 cm³/mol. The Morgan fingerprint density at radius 2 is 1.74 bits per heavy atom. The normalized spacial score (nSPS) is 31.8. The fourth-order valence-corrected chi connectivity index (χ4v) is 7.15. The number of nitrogens with zero attached hydrogens (tertiary/aromatic N) is 4. The van der Waals surface area contributed by atoms with Gasteiger partial charge in [-0.25, -0.2) is 17.5 Å². The number of anilines is 1. The van der Waals surface area contributed by atoms with Crippen LogP contribution in [0.25, 0.3) is 0 Å². The average molecular weight is 449 g/mol. The van der Waals surface area contributed by atoms with Crippen molar-refractivity contribution < 1.29 is 18.3 Å². The van der Waals surface area contributed by atoms with E-state index in [0.717, 1.165) is 45.6 Å². The number of carbonyl (C=O) groups is 1. The molecule has 1 aromatic rings. The van der Waals surface area contributed by atoms with E-state index < -0.39 is 16.1 Å². The molecule has 0 aliphatic carbocycles. The lowest BCUT2D eigenvalue weighted by Gasteiger charge is -2.28. The minimum atomic E-state index is -3.12. The summed E-state index contributed by atoms with van der Waals surface area (Å²) in [7, 11) is -3.12. The summed E-state index contributed by atoms with van der Waals surface area (Å²) in [5.41, 5.74) is 2.65. The monoisotopic (exact) mass is 448 g/mol. The zero-order valence-electron chi connectivity index (χ0n) is 18.1. The highest BCUT2D eigenvalue weighted by Crippen LogP contribution is 2.43. The van der Waals surface area contributed by atoms with Crippen LogP contribution in [0.2, 0.25) is 0 Å². The van der Waals surface area contributed by atoms with E-state index in [1.165, 1.54) is 17.5 Å². The Hall–Kier alpha value is -1.84. The van der Waals surface area contributed by atoms with Gasteiger partial charge in [-0.05, 0) is 36.3 Å². The molecule has 4 aliphatic rings. The number of rotatable bonds is 4. The summed E-state index contributed by atoms with van der Waals surface area (Å²) in [5.74, 6) is 0.887. The summed E-state index contributed by atoms with van der Waals surface area (Å²) in [4.78, 5) is 17.7. The number of hydrogen-bond acceptors (Lipinski definition) is 5. The summed E-state index contributed by atoms with van der Waals surface area (Å²) in [6.07, 6.45) is 2.49. The molecule has 0 radical (unpaired) electrons. The summed E-state index contributed by atoms with van der Waals surface area (Å²) < 4.78 is 25.6. The molecule has 0 bridgehead atoms. The van der Waals surface area contributed by atoms with Crippen LogP contribution in [0.1, 0.15) is 18.4 Å². The molecule has 5 rings (SSSR count). The summed E-state index contributed by atoms with van der Waals surface area (Å²) in [6.45, 7) is 7.26. The second-order valence-electron chi connectivity index (χ2n) is 10.0. The summed E-state index contributed by atoms with van der Waals surface area (Å²) >= 11 is 0. The molecule has 1 N–H and O–H groups in total. The largest absolute Gasteiger partial charge is 0.465 e. The quantitative estimate of drug-likeness (QED) is 0.753. The van der Waals surface area contributed by atoms with Crippen molar-refractivity contribution in [2.75, 3.05) is 63.5 Å². The molecule has 4 saturated heterocycles. The maximum atomic E-state index is 12.0. The average Bonchev–Trinajstić information content (AvgIpc) is 3.46. The summed E-state index contributed by atoms with van der Waals surface area (Å²) in [5, 5.41) is 9.25. The van der Waals surface area contributed by atoms with Crippen molar-refractivity contribution in [3.05, 3.63) is 29.8 Å². The SMILES string of the molecule is CS(=O)(=O)N1CCC2(CCN(c3ccccc3CN3CC4CN(C(=O)O)CC4C3)C2)C1. The van der Waals surface area contributed by atoms with Crippen LogP contribution in [0.5, 0.6) is 0 Å². The second kappa shape index (κ2) is 7.64. The van der Waals surface area contributed by atoms with Gasteiger partial charge in [-0.15, -0.1) is 0 Å². The van der Waals surface area contributed by atoms with Crippen LogP contribution in [0, 0.1) is 17.3 Å². The molecule has 31 heavy (non-hydrogen) atoms. The van der Waals surface area contributed by atoms with Crippen LogP contribution in [-0.4, -0.2) is 92.3 Å². The fourth-order valence-electron chi connectivity index (χ4n) is 6.22. The zero-order chi connectivity index (χ0) is 21.8. The molecule has 0 aromatic heterocycles. The first-order valence-electron chi connectivity index (χ1n) is 11.2. The van der Waals surface area contributed by atoms with Crippen molar-refractivity contribution in [3.63, 3.8) is 0 Å². The van der Waals surface area contributed by atoms with Crippen LogP contribution >= 0.6 is 0 Å². The number of likely N-dealkylation sites (tertiary alicyclic amines) is 2. The number of benzene rings is 1. The van der Waals surface area contributed by atoms with Crippen LogP contribution < -0.4 is 4.90 Å². The van der Waals surface area contributed by atoms with Gasteiger partial charge in [-0.2, -0.15) is 0 Å². The molecule has 1 amide bonds. The third-order valence-electron chi connectivity index (χ3n) is 7.87. The molecule has 1 spiro atoms. The van der Waals surface area contributed by atoms with Gasteiger partial charge in [0.2, 0.25) is 10.0 Å². The second-order valence-corrected chi connectivity index (χ2v) is 12.0. The Morgan fingerprint density at radius 3 is 2.39 bits per heavy atom. The minimum absolute atomic E-state index is 0.0706. The molecule has 8 nitrogen and oxygen atoms in total. The van der Waals surface area contributed by atoms with Gasteiger partial charge in [-0.1, -0.05) is 18.2 Å². The lowest BCUT2D eigenvalue weighted by Crippen LogP contribution is -2.34. The van der Waals surface area contributed by atoms with Gasteiger partial charge in [0, 0.05) is 70.0 Å². The van der Waals surface area contributed by atoms with Crippen LogP contribution in [0.4, 0.5) is 10.5 Å². The number of hydrogen-bond donors (Lipinski definition) is 1. The van der Waals surface area contributed by atoms with Crippen LogP contribution in [0.15, 0.2) is 24.3 Å². The summed E-state index contributed by atoms with van der Waals surface area (Å²) in [6, 6.07) is 8.58. The lowest BCUT2D eigenvalue weighted by molar-refractivity contribution is 0.148. The highest BCUT2D eigenvalue weighted by molar-refractivity contribution is 7.88. The molecular formula is C22H32N4O4S. The lowest BCUT2D eigenvalue weighted by atomic mass is 9.86. The van der Waals surface area contributed by atoms with E-state index in [4.69, 9.17) is 0 Å². The van der Waals surface area contributed by atoms with Gasteiger partial charge in [0.1, 0.15) is 0 Å². The molecule has 9 heteroatoms.